The second kappa shape index (κ2) is 2.47. The van der Waals surface area contributed by atoms with Crippen LogP contribution < -0.4 is 4.90 Å². The van der Waals surface area contributed by atoms with Crippen LogP contribution in [0.15, 0.2) is 18.2 Å². The van der Waals surface area contributed by atoms with E-state index in [1.165, 1.54) is 6.07 Å². The maximum Gasteiger partial charge on any atom is 0.123 e. The number of anilines is 1. The summed E-state index contributed by atoms with van der Waals surface area (Å²) in [5, 5.41) is 0. The third kappa shape index (κ3) is 1.21. The molecule has 1 aliphatic heterocycles. The largest absolute Gasteiger partial charge is 0.373 e. The van der Waals surface area contributed by atoms with Gasteiger partial charge in [0.15, 0.2) is 0 Å². The normalized spacial score (nSPS) is 18.9. The molecule has 0 bridgehead atoms. The molecule has 70 valence electrons. The molecule has 0 saturated heterocycles. The average Bonchev–Trinajstić information content (AvgIpc) is 2.23. The van der Waals surface area contributed by atoms with Crippen molar-refractivity contribution in [2.24, 2.45) is 0 Å². The SMILES string of the molecule is CN1CC(C)(C)c2cc(F)ccc21. The summed E-state index contributed by atoms with van der Waals surface area (Å²) in [7, 11) is 2.05. The van der Waals surface area contributed by atoms with Crippen molar-refractivity contribution in [2.45, 2.75) is 19.3 Å². The van der Waals surface area contributed by atoms with Gasteiger partial charge in [-0.2, -0.15) is 0 Å². The standard InChI is InChI=1S/C11H14FN/c1-11(2)7-13(3)10-5-4-8(12)6-9(10)11/h4-6H,7H2,1-3H3. The van der Waals surface area contributed by atoms with Gasteiger partial charge in [0, 0.05) is 24.7 Å². The molecule has 0 amide bonds. The summed E-state index contributed by atoms with van der Waals surface area (Å²) in [6.45, 7) is 5.26. The smallest absolute Gasteiger partial charge is 0.123 e. The van der Waals surface area contributed by atoms with Crippen LogP contribution in [0, 0.1) is 5.82 Å². The van der Waals surface area contributed by atoms with Gasteiger partial charge in [-0.3, -0.25) is 0 Å². The summed E-state index contributed by atoms with van der Waals surface area (Å²) in [6, 6.07) is 5.04. The van der Waals surface area contributed by atoms with E-state index in [0.29, 0.717) is 0 Å². The van der Waals surface area contributed by atoms with Gasteiger partial charge < -0.3 is 4.90 Å². The predicted molar refractivity (Wildman–Crippen MR) is 52.7 cm³/mol. The Labute approximate surface area is 78.2 Å². The van der Waals surface area contributed by atoms with Crippen molar-refractivity contribution in [1.29, 1.82) is 0 Å². The van der Waals surface area contributed by atoms with E-state index in [-0.39, 0.29) is 11.2 Å². The van der Waals surface area contributed by atoms with Crippen LogP contribution in [0.4, 0.5) is 10.1 Å². The van der Waals surface area contributed by atoms with E-state index in [4.69, 9.17) is 0 Å². The first kappa shape index (κ1) is 8.54. The van der Waals surface area contributed by atoms with Crippen molar-refractivity contribution in [3.63, 3.8) is 0 Å². The van der Waals surface area contributed by atoms with Crippen LogP contribution in [0.1, 0.15) is 19.4 Å². The maximum atomic E-state index is 13.0. The summed E-state index contributed by atoms with van der Waals surface area (Å²) in [5.74, 6) is -0.137. The molecule has 1 nitrogen and oxygen atoms in total. The highest BCUT2D eigenvalue weighted by molar-refractivity contribution is 5.61. The highest BCUT2D eigenvalue weighted by Gasteiger charge is 2.33. The Balaban J connectivity index is 2.60. The number of hydrogen-bond acceptors (Lipinski definition) is 1. The lowest BCUT2D eigenvalue weighted by molar-refractivity contribution is 0.555. The molecule has 0 saturated carbocycles. The maximum absolute atomic E-state index is 13.0. The van der Waals surface area contributed by atoms with E-state index in [1.54, 1.807) is 6.07 Å². The fourth-order valence-corrected chi connectivity index (χ4v) is 2.15. The Morgan fingerprint density at radius 2 is 2.08 bits per heavy atom. The fraction of sp³-hybridized carbons (Fsp3) is 0.455. The first-order valence-corrected chi connectivity index (χ1v) is 4.52. The summed E-state index contributed by atoms with van der Waals surface area (Å²) < 4.78 is 13.0. The minimum atomic E-state index is -0.137. The predicted octanol–water partition coefficient (Wildman–Crippen LogP) is 2.55. The summed E-state index contributed by atoms with van der Waals surface area (Å²) >= 11 is 0. The first-order valence-electron chi connectivity index (χ1n) is 4.52. The van der Waals surface area contributed by atoms with Crippen molar-refractivity contribution in [1.82, 2.24) is 0 Å². The molecule has 0 spiro atoms. The van der Waals surface area contributed by atoms with E-state index < -0.39 is 0 Å². The number of fused-ring (bicyclic) bond motifs is 1. The van der Waals surface area contributed by atoms with Crippen LogP contribution in [0.25, 0.3) is 0 Å². The lowest BCUT2D eigenvalue weighted by Gasteiger charge is -2.18. The second-order valence-corrected chi connectivity index (χ2v) is 4.40. The van der Waals surface area contributed by atoms with E-state index in [2.05, 4.69) is 18.7 Å². The quantitative estimate of drug-likeness (QED) is 0.591. The number of hydrogen-bond donors (Lipinski definition) is 0. The summed E-state index contributed by atoms with van der Waals surface area (Å²) in [5.41, 5.74) is 2.35. The number of rotatable bonds is 0. The molecule has 2 rings (SSSR count). The Bertz CT molecular complexity index is 344. The summed E-state index contributed by atoms with van der Waals surface area (Å²) in [6.07, 6.45) is 0. The minimum absolute atomic E-state index is 0.0756. The van der Waals surface area contributed by atoms with Gasteiger partial charge in [0.2, 0.25) is 0 Å². The van der Waals surface area contributed by atoms with Crippen LogP contribution in [-0.2, 0) is 5.41 Å². The molecule has 13 heavy (non-hydrogen) atoms. The van der Waals surface area contributed by atoms with Gasteiger partial charge in [0.1, 0.15) is 5.82 Å². The minimum Gasteiger partial charge on any atom is -0.373 e. The van der Waals surface area contributed by atoms with Gasteiger partial charge in [0.05, 0.1) is 0 Å². The number of halogens is 1. The lowest BCUT2D eigenvalue weighted by atomic mass is 9.87. The Kier molecular flexibility index (Phi) is 1.62. The van der Waals surface area contributed by atoms with Crippen molar-refractivity contribution >= 4 is 5.69 Å². The van der Waals surface area contributed by atoms with Crippen molar-refractivity contribution < 1.29 is 4.39 Å². The van der Waals surface area contributed by atoms with Crippen LogP contribution in [0.3, 0.4) is 0 Å². The van der Waals surface area contributed by atoms with E-state index in [1.807, 2.05) is 13.1 Å². The van der Waals surface area contributed by atoms with E-state index >= 15 is 0 Å². The highest BCUT2D eigenvalue weighted by Crippen LogP contribution is 2.39. The van der Waals surface area contributed by atoms with Crippen molar-refractivity contribution in [3.8, 4) is 0 Å². The van der Waals surface area contributed by atoms with Gasteiger partial charge in [0.25, 0.3) is 0 Å². The van der Waals surface area contributed by atoms with Gasteiger partial charge in [-0.05, 0) is 23.8 Å². The Hall–Kier alpha value is -1.05. The molecular weight excluding hydrogens is 165 g/mol. The zero-order chi connectivity index (χ0) is 9.64. The zero-order valence-corrected chi connectivity index (χ0v) is 8.26. The fourth-order valence-electron chi connectivity index (χ4n) is 2.15. The van der Waals surface area contributed by atoms with E-state index in [0.717, 1.165) is 17.8 Å². The molecule has 0 unspecified atom stereocenters. The molecule has 1 heterocycles. The van der Waals surface area contributed by atoms with Gasteiger partial charge >= 0.3 is 0 Å². The number of nitrogens with zero attached hydrogens (tertiary/aromatic N) is 1. The van der Waals surface area contributed by atoms with E-state index in [9.17, 15) is 4.39 Å². The molecule has 0 radical (unpaired) electrons. The van der Waals surface area contributed by atoms with Crippen molar-refractivity contribution in [2.75, 3.05) is 18.5 Å². The topological polar surface area (TPSA) is 3.24 Å². The number of benzene rings is 1. The average molecular weight is 179 g/mol. The third-order valence-corrected chi connectivity index (χ3v) is 2.73. The first-order chi connectivity index (χ1) is 6.00. The summed E-state index contributed by atoms with van der Waals surface area (Å²) in [4.78, 5) is 2.18. The molecule has 0 fully saturated rings. The van der Waals surface area contributed by atoms with Crippen molar-refractivity contribution in [3.05, 3.63) is 29.6 Å². The molecular formula is C11H14FN. The van der Waals surface area contributed by atoms with Gasteiger partial charge in [-0.1, -0.05) is 13.8 Å². The molecule has 0 atom stereocenters. The number of likely N-dealkylation sites (N-methyl/N-ethyl adjacent to an activating group) is 1. The molecule has 0 aromatic heterocycles. The van der Waals surface area contributed by atoms with Crippen LogP contribution in [-0.4, -0.2) is 13.6 Å². The van der Waals surface area contributed by atoms with Gasteiger partial charge in [-0.25, -0.2) is 4.39 Å². The van der Waals surface area contributed by atoms with Crippen LogP contribution in [0.2, 0.25) is 0 Å². The molecule has 2 heteroatoms. The molecule has 0 N–H and O–H groups in total. The second-order valence-electron chi connectivity index (χ2n) is 4.40. The monoisotopic (exact) mass is 179 g/mol. The third-order valence-electron chi connectivity index (χ3n) is 2.73. The Morgan fingerprint density at radius 1 is 1.38 bits per heavy atom. The molecule has 1 aromatic carbocycles. The highest BCUT2D eigenvalue weighted by atomic mass is 19.1. The van der Waals surface area contributed by atoms with Gasteiger partial charge in [-0.15, -0.1) is 0 Å². The lowest BCUT2D eigenvalue weighted by Crippen LogP contribution is -2.24. The molecule has 1 aliphatic rings. The molecule has 0 aliphatic carbocycles. The molecule has 1 aromatic rings. The van der Waals surface area contributed by atoms with Crippen LogP contribution >= 0.6 is 0 Å². The Morgan fingerprint density at radius 3 is 2.77 bits per heavy atom. The zero-order valence-electron chi connectivity index (χ0n) is 8.26. The van der Waals surface area contributed by atoms with Crippen LogP contribution in [0.5, 0.6) is 0 Å².